The average molecular weight is 229 g/mol. The van der Waals surface area contributed by atoms with Gasteiger partial charge < -0.3 is 5.11 Å². The molecule has 0 aliphatic rings. The molecule has 0 spiro atoms. The van der Waals surface area contributed by atoms with Crippen LogP contribution in [0.15, 0.2) is 42.0 Å². The fourth-order valence-electron chi connectivity index (χ4n) is 1.70. The van der Waals surface area contributed by atoms with E-state index in [0.717, 1.165) is 6.42 Å². The first-order valence-corrected chi connectivity index (χ1v) is 5.57. The van der Waals surface area contributed by atoms with Crippen LogP contribution in [0.4, 0.5) is 0 Å². The van der Waals surface area contributed by atoms with Crippen LogP contribution in [0.25, 0.3) is 0 Å². The Labute approximate surface area is 101 Å². The summed E-state index contributed by atoms with van der Waals surface area (Å²) in [5.41, 5.74) is 0.994. The standard InChI is InChI=1S/C14H15NO2/c1-2-11(12-6-4-3-5-7-12)8-9-13(10-15)14(16)17/h3-7,9,11H,2,8H2,1H3,(H,16,17). The predicted octanol–water partition coefficient (Wildman–Crippen LogP) is 3.10. The Kier molecular flexibility index (Phi) is 4.96. The molecule has 0 saturated heterocycles. The van der Waals surface area contributed by atoms with E-state index in [-0.39, 0.29) is 11.5 Å². The molecule has 0 aliphatic heterocycles. The highest BCUT2D eigenvalue weighted by Crippen LogP contribution is 2.23. The van der Waals surface area contributed by atoms with E-state index in [1.165, 1.54) is 11.6 Å². The smallest absolute Gasteiger partial charge is 0.346 e. The SMILES string of the molecule is CCC(CC=C(C#N)C(=O)O)c1ccccc1. The van der Waals surface area contributed by atoms with Crippen LogP contribution in [0.1, 0.15) is 31.2 Å². The molecule has 0 aromatic heterocycles. The summed E-state index contributed by atoms with van der Waals surface area (Å²) >= 11 is 0. The molecule has 1 rings (SSSR count). The van der Waals surface area contributed by atoms with Crippen molar-refractivity contribution in [1.82, 2.24) is 0 Å². The molecule has 1 unspecified atom stereocenters. The molecule has 0 bridgehead atoms. The van der Waals surface area contributed by atoms with Gasteiger partial charge in [-0.25, -0.2) is 4.79 Å². The molecule has 0 heterocycles. The second kappa shape index (κ2) is 6.49. The Morgan fingerprint density at radius 2 is 2.12 bits per heavy atom. The van der Waals surface area contributed by atoms with Gasteiger partial charge in [0.25, 0.3) is 0 Å². The lowest BCUT2D eigenvalue weighted by molar-refractivity contribution is -0.132. The van der Waals surface area contributed by atoms with Gasteiger partial charge in [-0.15, -0.1) is 0 Å². The van der Waals surface area contributed by atoms with Crippen LogP contribution in [0.2, 0.25) is 0 Å². The molecule has 0 radical (unpaired) electrons. The maximum Gasteiger partial charge on any atom is 0.346 e. The first kappa shape index (κ1) is 13.0. The molecule has 88 valence electrons. The molecule has 1 aromatic carbocycles. The normalized spacial score (nSPS) is 12.8. The molecule has 17 heavy (non-hydrogen) atoms. The molecule has 3 heteroatoms. The number of carbonyl (C=O) groups is 1. The molecule has 0 amide bonds. The highest BCUT2D eigenvalue weighted by atomic mass is 16.4. The van der Waals surface area contributed by atoms with Gasteiger partial charge in [0.15, 0.2) is 0 Å². The highest BCUT2D eigenvalue weighted by Gasteiger charge is 2.10. The average Bonchev–Trinajstić information content (AvgIpc) is 2.35. The lowest BCUT2D eigenvalue weighted by Crippen LogP contribution is -2.00. The second-order valence-electron chi connectivity index (χ2n) is 3.79. The van der Waals surface area contributed by atoms with Gasteiger partial charge in [0.05, 0.1) is 0 Å². The fraction of sp³-hybridized carbons (Fsp3) is 0.286. The highest BCUT2D eigenvalue weighted by molar-refractivity contribution is 5.90. The number of carboxylic acids is 1. The number of allylic oxidation sites excluding steroid dienone is 1. The zero-order valence-electron chi connectivity index (χ0n) is 9.76. The van der Waals surface area contributed by atoms with Gasteiger partial charge in [-0.3, -0.25) is 0 Å². The minimum absolute atomic E-state index is 0.181. The van der Waals surface area contributed by atoms with Gasteiger partial charge in [0.2, 0.25) is 0 Å². The Balaban J connectivity index is 2.79. The number of aliphatic carboxylic acids is 1. The van der Waals surface area contributed by atoms with Gasteiger partial charge >= 0.3 is 5.97 Å². The monoisotopic (exact) mass is 229 g/mol. The third-order valence-electron chi connectivity index (χ3n) is 2.72. The quantitative estimate of drug-likeness (QED) is 0.623. The van der Waals surface area contributed by atoms with Crippen molar-refractivity contribution in [1.29, 1.82) is 5.26 Å². The number of benzene rings is 1. The van der Waals surface area contributed by atoms with E-state index < -0.39 is 5.97 Å². The third kappa shape index (κ3) is 3.76. The molecular formula is C14H15NO2. The summed E-state index contributed by atoms with van der Waals surface area (Å²) in [6.45, 7) is 2.05. The first-order chi connectivity index (χ1) is 8.19. The van der Waals surface area contributed by atoms with Crippen molar-refractivity contribution in [3.05, 3.63) is 47.5 Å². The van der Waals surface area contributed by atoms with E-state index in [0.29, 0.717) is 6.42 Å². The Morgan fingerprint density at radius 3 is 2.59 bits per heavy atom. The minimum Gasteiger partial charge on any atom is -0.477 e. The summed E-state index contributed by atoms with van der Waals surface area (Å²) in [6, 6.07) is 11.6. The maximum atomic E-state index is 10.7. The number of nitriles is 1. The van der Waals surface area contributed by atoms with Crippen LogP contribution in [0, 0.1) is 11.3 Å². The fourth-order valence-corrected chi connectivity index (χ4v) is 1.70. The number of hydrogen-bond donors (Lipinski definition) is 1. The van der Waals surface area contributed by atoms with Gasteiger partial charge in [-0.05, 0) is 24.3 Å². The van der Waals surface area contributed by atoms with Crippen LogP contribution in [0.5, 0.6) is 0 Å². The summed E-state index contributed by atoms with van der Waals surface area (Å²) in [5.74, 6) is -0.894. The molecular weight excluding hydrogens is 214 g/mol. The van der Waals surface area contributed by atoms with Crippen molar-refractivity contribution in [2.75, 3.05) is 0 Å². The zero-order chi connectivity index (χ0) is 12.7. The largest absolute Gasteiger partial charge is 0.477 e. The minimum atomic E-state index is -1.16. The van der Waals surface area contributed by atoms with Crippen molar-refractivity contribution < 1.29 is 9.90 Å². The maximum absolute atomic E-state index is 10.7. The summed E-state index contributed by atoms with van der Waals surface area (Å²) in [4.78, 5) is 10.7. The lowest BCUT2D eigenvalue weighted by atomic mass is 9.92. The lowest BCUT2D eigenvalue weighted by Gasteiger charge is -2.12. The summed E-state index contributed by atoms with van der Waals surface area (Å²) in [5, 5.41) is 17.4. The third-order valence-corrected chi connectivity index (χ3v) is 2.72. The van der Waals surface area contributed by atoms with Crippen molar-refractivity contribution in [2.45, 2.75) is 25.7 Å². The Bertz CT molecular complexity index is 443. The molecule has 3 nitrogen and oxygen atoms in total. The molecule has 0 fully saturated rings. The van der Waals surface area contributed by atoms with E-state index in [2.05, 4.69) is 6.92 Å². The van der Waals surface area contributed by atoms with Crippen LogP contribution < -0.4 is 0 Å². The Morgan fingerprint density at radius 1 is 1.47 bits per heavy atom. The number of rotatable bonds is 5. The molecule has 0 saturated carbocycles. The van der Waals surface area contributed by atoms with Crippen molar-refractivity contribution in [3.63, 3.8) is 0 Å². The van der Waals surface area contributed by atoms with Crippen molar-refractivity contribution in [2.24, 2.45) is 0 Å². The van der Waals surface area contributed by atoms with Crippen LogP contribution in [-0.2, 0) is 4.79 Å². The van der Waals surface area contributed by atoms with E-state index in [1.54, 1.807) is 6.07 Å². The predicted molar refractivity (Wildman–Crippen MR) is 65.4 cm³/mol. The van der Waals surface area contributed by atoms with Crippen LogP contribution in [0.3, 0.4) is 0 Å². The number of hydrogen-bond acceptors (Lipinski definition) is 2. The molecule has 0 aliphatic carbocycles. The topological polar surface area (TPSA) is 61.1 Å². The molecule has 1 atom stereocenters. The first-order valence-electron chi connectivity index (χ1n) is 5.57. The van der Waals surface area contributed by atoms with Gasteiger partial charge in [-0.2, -0.15) is 5.26 Å². The van der Waals surface area contributed by atoms with Crippen LogP contribution in [-0.4, -0.2) is 11.1 Å². The zero-order valence-corrected chi connectivity index (χ0v) is 9.76. The number of nitrogens with zero attached hydrogens (tertiary/aromatic N) is 1. The van der Waals surface area contributed by atoms with E-state index >= 15 is 0 Å². The summed E-state index contributed by atoms with van der Waals surface area (Å²) in [6.07, 6.45) is 3.00. The summed E-state index contributed by atoms with van der Waals surface area (Å²) in [7, 11) is 0. The van der Waals surface area contributed by atoms with E-state index in [1.807, 2.05) is 30.3 Å². The second-order valence-corrected chi connectivity index (χ2v) is 3.79. The van der Waals surface area contributed by atoms with Gasteiger partial charge in [0, 0.05) is 0 Å². The van der Waals surface area contributed by atoms with Gasteiger partial charge in [0.1, 0.15) is 11.6 Å². The van der Waals surface area contributed by atoms with Gasteiger partial charge in [-0.1, -0.05) is 43.3 Å². The van der Waals surface area contributed by atoms with E-state index in [9.17, 15) is 4.79 Å². The van der Waals surface area contributed by atoms with Crippen molar-refractivity contribution in [3.8, 4) is 6.07 Å². The Hall–Kier alpha value is -2.08. The van der Waals surface area contributed by atoms with E-state index in [4.69, 9.17) is 10.4 Å². The summed E-state index contributed by atoms with van der Waals surface area (Å²) < 4.78 is 0. The molecule has 1 N–H and O–H groups in total. The number of carboxylic acid groups (broad SMARTS) is 1. The van der Waals surface area contributed by atoms with Crippen LogP contribution >= 0.6 is 0 Å². The molecule has 1 aromatic rings. The van der Waals surface area contributed by atoms with Crippen molar-refractivity contribution >= 4 is 5.97 Å².